The predicted octanol–water partition coefficient (Wildman–Crippen LogP) is 4.85. The van der Waals surface area contributed by atoms with Gasteiger partial charge in [-0.25, -0.2) is 0 Å². The van der Waals surface area contributed by atoms with Crippen LogP contribution in [0.15, 0.2) is 48.5 Å². The molecule has 0 aromatic heterocycles. The fourth-order valence-electron chi connectivity index (χ4n) is 3.50. The first-order chi connectivity index (χ1) is 11.9. The largest absolute Gasteiger partial charge is 0.508 e. The molecule has 0 unspecified atom stereocenters. The Labute approximate surface area is 151 Å². The molecule has 2 aromatic carbocycles. The molecule has 25 heavy (non-hydrogen) atoms. The molecule has 1 N–H and O–H groups in total. The van der Waals surface area contributed by atoms with Crippen LogP contribution in [0, 0.1) is 0 Å². The summed E-state index contributed by atoms with van der Waals surface area (Å²) in [4.78, 5) is 13.6. The van der Waals surface area contributed by atoms with E-state index in [1.807, 2.05) is 24.3 Å². The Morgan fingerprint density at radius 1 is 1.00 bits per heavy atom. The van der Waals surface area contributed by atoms with Crippen LogP contribution in [0.1, 0.15) is 61.5 Å². The van der Waals surface area contributed by atoms with E-state index in [2.05, 4.69) is 44.7 Å². The van der Waals surface area contributed by atoms with Crippen LogP contribution >= 0.6 is 0 Å². The lowest BCUT2D eigenvalue weighted by molar-refractivity contribution is 0.112. The molecule has 1 atom stereocenters. The Hall–Kier alpha value is -2.13. The second-order valence-electron chi connectivity index (χ2n) is 7.11. The standard InChI is InChI=1S/C22H29NO2/c1-16(2)23(17(3)4)13-12-20(19-8-6-5-7-9-19)21-14-18(15-24)10-11-22(21)25/h5-11,14-17,20,25H,12-13H2,1-4H3/t20-/m0/s1. The summed E-state index contributed by atoms with van der Waals surface area (Å²) in [6.45, 7) is 9.77. The van der Waals surface area contributed by atoms with Crippen LogP contribution in [-0.2, 0) is 0 Å². The molecule has 134 valence electrons. The number of hydrogen-bond donors (Lipinski definition) is 1. The zero-order valence-corrected chi connectivity index (χ0v) is 15.6. The molecule has 0 saturated carbocycles. The van der Waals surface area contributed by atoms with Gasteiger partial charge in [0, 0.05) is 29.1 Å². The molecule has 0 aliphatic heterocycles. The SMILES string of the molecule is CC(C)N(CC[C@@H](c1ccccc1)c1cc(C=O)ccc1O)C(C)C. The van der Waals surface area contributed by atoms with Crippen molar-refractivity contribution in [3.05, 3.63) is 65.2 Å². The van der Waals surface area contributed by atoms with Gasteiger partial charge in [0.25, 0.3) is 0 Å². The van der Waals surface area contributed by atoms with E-state index in [9.17, 15) is 9.90 Å². The normalized spacial score (nSPS) is 12.8. The predicted molar refractivity (Wildman–Crippen MR) is 103 cm³/mol. The summed E-state index contributed by atoms with van der Waals surface area (Å²) < 4.78 is 0. The Kier molecular flexibility index (Phi) is 6.77. The first kappa shape index (κ1) is 19.2. The van der Waals surface area contributed by atoms with Gasteiger partial charge in [0.1, 0.15) is 12.0 Å². The Morgan fingerprint density at radius 3 is 2.20 bits per heavy atom. The third kappa shape index (κ3) is 4.93. The topological polar surface area (TPSA) is 40.5 Å². The van der Waals surface area contributed by atoms with Gasteiger partial charge in [-0.05, 0) is 64.4 Å². The van der Waals surface area contributed by atoms with Crippen molar-refractivity contribution in [1.29, 1.82) is 0 Å². The average Bonchev–Trinajstić information content (AvgIpc) is 2.59. The number of benzene rings is 2. The van der Waals surface area contributed by atoms with E-state index in [0.29, 0.717) is 17.6 Å². The molecule has 0 bridgehead atoms. The lowest BCUT2D eigenvalue weighted by atomic mass is 9.86. The molecule has 0 fully saturated rings. The van der Waals surface area contributed by atoms with E-state index in [4.69, 9.17) is 0 Å². The van der Waals surface area contributed by atoms with E-state index >= 15 is 0 Å². The maximum absolute atomic E-state index is 11.2. The van der Waals surface area contributed by atoms with Gasteiger partial charge in [0.15, 0.2) is 0 Å². The smallest absolute Gasteiger partial charge is 0.150 e. The van der Waals surface area contributed by atoms with Crippen LogP contribution < -0.4 is 0 Å². The first-order valence-electron chi connectivity index (χ1n) is 9.02. The molecule has 3 nitrogen and oxygen atoms in total. The number of carbonyl (C=O) groups is 1. The number of rotatable bonds is 8. The molecule has 3 heteroatoms. The maximum atomic E-state index is 11.2. The van der Waals surface area contributed by atoms with E-state index in [-0.39, 0.29) is 11.7 Å². The lowest BCUT2D eigenvalue weighted by Crippen LogP contribution is -2.38. The van der Waals surface area contributed by atoms with Crippen molar-refractivity contribution in [3.8, 4) is 5.75 Å². The first-order valence-corrected chi connectivity index (χ1v) is 9.02. The van der Waals surface area contributed by atoms with Crippen LogP contribution in [0.2, 0.25) is 0 Å². The average molecular weight is 339 g/mol. The van der Waals surface area contributed by atoms with Gasteiger partial charge in [-0.15, -0.1) is 0 Å². The van der Waals surface area contributed by atoms with Crippen molar-refractivity contribution >= 4 is 6.29 Å². The number of phenolic OH excluding ortho intramolecular Hbond substituents is 1. The van der Waals surface area contributed by atoms with Crippen LogP contribution in [0.5, 0.6) is 5.75 Å². The summed E-state index contributed by atoms with van der Waals surface area (Å²) in [7, 11) is 0. The van der Waals surface area contributed by atoms with E-state index in [1.54, 1.807) is 12.1 Å². The molecule has 0 aliphatic rings. The fourth-order valence-corrected chi connectivity index (χ4v) is 3.50. The second-order valence-corrected chi connectivity index (χ2v) is 7.11. The summed E-state index contributed by atoms with van der Waals surface area (Å²) in [5.74, 6) is 0.307. The van der Waals surface area contributed by atoms with Gasteiger partial charge in [-0.3, -0.25) is 9.69 Å². The van der Waals surface area contributed by atoms with Gasteiger partial charge in [-0.2, -0.15) is 0 Å². The van der Waals surface area contributed by atoms with Crippen molar-refractivity contribution in [2.24, 2.45) is 0 Å². The van der Waals surface area contributed by atoms with Crippen LogP contribution in [0.4, 0.5) is 0 Å². The molecule has 0 spiro atoms. The zero-order chi connectivity index (χ0) is 18.4. The van der Waals surface area contributed by atoms with E-state index in [1.165, 1.54) is 0 Å². The Bertz CT molecular complexity index is 672. The van der Waals surface area contributed by atoms with Crippen LogP contribution in [-0.4, -0.2) is 34.9 Å². The molecular weight excluding hydrogens is 310 g/mol. The zero-order valence-electron chi connectivity index (χ0n) is 15.6. The van der Waals surface area contributed by atoms with Crippen molar-refractivity contribution in [3.63, 3.8) is 0 Å². The third-order valence-corrected chi connectivity index (χ3v) is 4.77. The van der Waals surface area contributed by atoms with Gasteiger partial charge in [0.05, 0.1) is 0 Å². The summed E-state index contributed by atoms with van der Waals surface area (Å²) in [5, 5.41) is 10.4. The second kappa shape index (κ2) is 8.82. The van der Waals surface area contributed by atoms with Gasteiger partial charge >= 0.3 is 0 Å². The molecule has 0 radical (unpaired) electrons. The molecule has 0 saturated heterocycles. The number of carbonyl (C=O) groups excluding carboxylic acids is 1. The minimum absolute atomic E-state index is 0.0566. The summed E-state index contributed by atoms with van der Waals surface area (Å²) in [6.07, 6.45) is 1.72. The number of hydrogen-bond acceptors (Lipinski definition) is 3. The molecule has 0 aliphatic carbocycles. The van der Waals surface area contributed by atoms with Crippen molar-refractivity contribution in [1.82, 2.24) is 4.90 Å². The number of aromatic hydroxyl groups is 1. The number of aldehydes is 1. The number of phenols is 1. The molecule has 2 rings (SSSR count). The summed E-state index contributed by atoms with van der Waals surface area (Å²) in [6, 6.07) is 16.2. The third-order valence-electron chi connectivity index (χ3n) is 4.77. The Morgan fingerprint density at radius 2 is 1.64 bits per heavy atom. The molecule has 0 heterocycles. The van der Waals surface area contributed by atoms with Crippen LogP contribution in [0.25, 0.3) is 0 Å². The van der Waals surface area contributed by atoms with E-state index < -0.39 is 0 Å². The van der Waals surface area contributed by atoms with Gasteiger partial charge < -0.3 is 5.11 Å². The number of nitrogens with zero attached hydrogens (tertiary/aromatic N) is 1. The highest BCUT2D eigenvalue weighted by Gasteiger charge is 2.21. The molecule has 0 amide bonds. The highest BCUT2D eigenvalue weighted by atomic mass is 16.3. The van der Waals surface area contributed by atoms with Crippen molar-refractivity contribution in [2.75, 3.05) is 6.54 Å². The maximum Gasteiger partial charge on any atom is 0.150 e. The monoisotopic (exact) mass is 339 g/mol. The van der Waals surface area contributed by atoms with Gasteiger partial charge in [-0.1, -0.05) is 30.3 Å². The minimum atomic E-state index is 0.0566. The summed E-state index contributed by atoms with van der Waals surface area (Å²) in [5.41, 5.74) is 2.58. The lowest BCUT2D eigenvalue weighted by Gasteiger charge is -2.32. The minimum Gasteiger partial charge on any atom is -0.508 e. The molecular formula is C22H29NO2. The highest BCUT2D eigenvalue weighted by molar-refractivity contribution is 5.75. The van der Waals surface area contributed by atoms with E-state index in [0.717, 1.165) is 30.4 Å². The highest BCUT2D eigenvalue weighted by Crippen LogP contribution is 2.34. The van der Waals surface area contributed by atoms with Crippen molar-refractivity contribution in [2.45, 2.75) is 52.1 Å². The molecule has 2 aromatic rings. The summed E-state index contributed by atoms with van der Waals surface area (Å²) >= 11 is 0. The Balaban J connectivity index is 2.36. The van der Waals surface area contributed by atoms with Crippen LogP contribution in [0.3, 0.4) is 0 Å². The van der Waals surface area contributed by atoms with Crippen molar-refractivity contribution < 1.29 is 9.90 Å². The quantitative estimate of drug-likeness (QED) is 0.699. The van der Waals surface area contributed by atoms with Gasteiger partial charge in [0.2, 0.25) is 0 Å². The fraction of sp³-hybridized carbons (Fsp3) is 0.409.